The third-order valence-corrected chi connectivity index (χ3v) is 4.31. The van der Waals surface area contributed by atoms with E-state index in [0.717, 1.165) is 28.3 Å². The summed E-state index contributed by atoms with van der Waals surface area (Å²) in [5.41, 5.74) is 3.16. The first kappa shape index (κ1) is 19.5. The Kier molecular flexibility index (Phi) is 6.68. The van der Waals surface area contributed by atoms with Crippen LogP contribution in [0.15, 0.2) is 64.0 Å². The summed E-state index contributed by atoms with van der Waals surface area (Å²) >= 11 is 0. The fourth-order valence-corrected chi connectivity index (χ4v) is 2.67. The minimum Gasteiger partial charge on any atom is -0.489 e. The molecule has 0 fully saturated rings. The Bertz CT molecular complexity index is 900. The van der Waals surface area contributed by atoms with Crippen LogP contribution in [0.1, 0.15) is 28.5 Å². The lowest BCUT2D eigenvalue weighted by atomic mass is 10.2. The maximum atomic E-state index is 5.89. The highest BCUT2D eigenvalue weighted by Gasteiger charge is 2.06. The molecule has 2 N–H and O–H groups in total. The SMILES string of the molecule is CN=C(NCc1cccc(OCc2ccccc2)c1)NCc1nc(C)c(C)o1. The molecule has 1 heterocycles. The Morgan fingerprint density at radius 2 is 1.75 bits per heavy atom. The van der Waals surface area contributed by atoms with Gasteiger partial charge < -0.3 is 19.8 Å². The zero-order valence-electron chi connectivity index (χ0n) is 16.5. The van der Waals surface area contributed by atoms with E-state index in [2.05, 4.69) is 38.8 Å². The van der Waals surface area contributed by atoms with Crippen LogP contribution in [-0.4, -0.2) is 18.0 Å². The molecule has 0 saturated heterocycles. The van der Waals surface area contributed by atoms with Gasteiger partial charge in [-0.3, -0.25) is 4.99 Å². The first-order chi connectivity index (χ1) is 13.6. The lowest BCUT2D eigenvalue weighted by Crippen LogP contribution is -2.36. The van der Waals surface area contributed by atoms with E-state index in [1.54, 1.807) is 7.05 Å². The van der Waals surface area contributed by atoms with Crippen LogP contribution in [0.25, 0.3) is 0 Å². The lowest BCUT2D eigenvalue weighted by Gasteiger charge is -2.12. The van der Waals surface area contributed by atoms with Gasteiger partial charge in [-0.1, -0.05) is 42.5 Å². The number of aliphatic imine (C=N–C) groups is 1. The van der Waals surface area contributed by atoms with Crippen molar-refractivity contribution in [3.63, 3.8) is 0 Å². The third kappa shape index (κ3) is 5.61. The van der Waals surface area contributed by atoms with Crippen LogP contribution in [0.2, 0.25) is 0 Å². The highest BCUT2D eigenvalue weighted by Crippen LogP contribution is 2.15. The van der Waals surface area contributed by atoms with Gasteiger partial charge in [-0.15, -0.1) is 0 Å². The molecule has 2 aromatic carbocycles. The van der Waals surface area contributed by atoms with Crippen LogP contribution in [0.4, 0.5) is 0 Å². The van der Waals surface area contributed by atoms with Crippen LogP contribution >= 0.6 is 0 Å². The molecule has 6 heteroatoms. The lowest BCUT2D eigenvalue weighted by molar-refractivity contribution is 0.306. The van der Waals surface area contributed by atoms with Gasteiger partial charge in [0.15, 0.2) is 5.96 Å². The minimum atomic E-state index is 0.481. The summed E-state index contributed by atoms with van der Waals surface area (Å²) in [6, 6.07) is 18.2. The molecule has 0 aliphatic heterocycles. The first-order valence-corrected chi connectivity index (χ1v) is 9.27. The number of hydrogen-bond acceptors (Lipinski definition) is 4. The van der Waals surface area contributed by atoms with E-state index in [9.17, 15) is 0 Å². The Hall–Kier alpha value is -3.28. The number of guanidine groups is 1. The van der Waals surface area contributed by atoms with Gasteiger partial charge in [-0.25, -0.2) is 4.98 Å². The Morgan fingerprint density at radius 3 is 2.46 bits per heavy atom. The molecule has 0 saturated carbocycles. The first-order valence-electron chi connectivity index (χ1n) is 9.27. The second-order valence-corrected chi connectivity index (χ2v) is 6.45. The molecule has 0 spiro atoms. The zero-order chi connectivity index (χ0) is 19.8. The van der Waals surface area contributed by atoms with Crippen molar-refractivity contribution in [1.29, 1.82) is 0 Å². The van der Waals surface area contributed by atoms with Crippen molar-refractivity contribution in [2.75, 3.05) is 7.05 Å². The molecule has 0 bridgehead atoms. The number of rotatable bonds is 7. The fourth-order valence-electron chi connectivity index (χ4n) is 2.67. The molecular formula is C22H26N4O2. The second-order valence-electron chi connectivity index (χ2n) is 6.45. The number of hydrogen-bond donors (Lipinski definition) is 2. The maximum absolute atomic E-state index is 5.89. The van der Waals surface area contributed by atoms with Gasteiger partial charge in [-0.05, 0) is 37.1 Å². The zero-order valence-corrected chi connectivity index (χ0v) is 16.5. The summed E-state index contributed by atoms with van der Waals surface area (Å²) in [5.74, 6) is 3.02. The van der Waals surface area contributed by atoms with Crippen LogP contribution in [-0.2, 0) is 19.7 Å². The van der Waals surface area contributed by atoms with Crippen LogP contribution in [0.5, 0.6) is 5.75 Å². The maximum Gasteiger partial charge on any atom is 0.214 e. The van der Waals surface area contributed by atoms with E-state index in [1.165, 1.54) is 0 Å². The quantitative estimate of drug-likeness (QED) is 0.484. The Morgan fingerprint density at radius 1 is 1.00 bits per heavy atom. The van der Waals surface area contributed by atoms with Gasteiger partial charge >= 0.3 is 0 Å². The molecule has 3 aromatic rings. The van der Waals surface area contributed by atoms with E-state index in [0.29, 0.717) is 31.5 Å². The fraction of sp³-hybridized carbons (Fsp3) is 0.273. The van der Waals surface area contributed by atoms with Crippen LogP contribution < -0.4 is 15.4 Å². The highest BCUT2D eigenvalue weighted by atomic mass is 16.5. The van der Waals surface area contributed by atoms with Crippen molar-refractivity contribution < 1.29 is 9.15 Å². The molecular weight excluding hydrogens is 352 g/mol. The normalized spacial score (nSPS) is 11.3. The number of aryl methyl sites for hydroxylation is 2. The van der Waals surface area contributed by atoms with Gasteiger partial charge in [0.25, 0.3) is 0 Å². The number of benzene rings is 2. The monoisotopic (exact) mass is 378 g/mol. The van der Waals surface area contributed by atoms with E-state index >= 15 is 0 Å². The van der Waals surface area contributed by atoms with E-state index in [-0.39, 0.29) is 0 Å². The van der Waals surface area contributed by atoms with Gasteiger partial charge in [0.2, 0.25) is 5.89 Å². The predicted molar refractivity (Wildman–Crippen MR) is 110 cm³/mol. The van der Waals surface area contributed by atoms with Crippen LogP contribution in [0, 0.1) is 13.8 Å². The summed E-state index contributed by atoms with van der Waals surface area (Å²) in [4.78, 5) is 8.60. The summed E-state index contributed by atoms with van der Waals surface area (Å²) in [5, 5.41) is 6.50. The average molecular weight is 378 g/mol. The predicted octanol–water partition coefficient (Wildman–Crippen LogP) is 3.74. The molecule has 1 aromatic heterocycles. The average Bonchev–Trinajstić information content (AvgIpc) is 3.05. The number of nitrogens with zero attached hydrogens (tertiary/aromatic N) is 2. The molecule has 0 aliphatic rings. The van der Waals surface area contributed by atoms with Gasteiger partial charge in [0.05, 0.1) is 12.2 Å². The molecule has 0 amide bonds. The molecule has 0 unspecified atom stereocenters. The van der Waals surface area contributed by atoms with Crippen molar-refractivity contribution in [2.24, 2.45) is 4.99 Å². The van der Waals surface area contributed by atoms with E-state index in [1.807, 2.05) is 50.2 Å². The Labute approximate surface area is 165 Å². The number of ether oxygens (including phenoxy) is 1. The van der Waals surface area contributed by atoms with E-state index < -0.39 is 0 Å². The number of nitrogens with one attached hydrogen (secondary N) is 2. The highest BCUT2D eigenvalue weighted by molar-refractivity contribution is 5.79. The topological polar surface area (TPSA) is 71.7 Å². The largest absolute Gasteiger partial charge is 0.489 e. The summed E-state index contributed by atoms with van der Waals surface area (Å²) in [7, 11) is 1.74. The molecule has 146 valence electrons. The van der Waals surface area contributed by atoms with Crippen molar-refractivity contribution in [3.8, 4) is 5.75 Å². The van der Waals surface area contributed by atoms with Crippen LogP contribution in [0.3, 0.4) is 0 Å². The molecule has 0 radical (unpaired) electrons. The standard InChI is InChI=1S/C22H26N4O2/c1-16-17(2)28-21(26-16)14-25-22(23-3)24-13-19-10-7-11-20(12-19)27-15-18-8-5-4-6-9-18/h4-12H,13-15H2,1-3H3,(H2,23,24,25). The number of oxazole rings is 1. The smallest absolute Gasteiger partial charge is 0.214 e. The Balaban J connectivity index is 1.50. The second kappa shape index (κ2) is 9.60. The molecule has 0 atom stereocenters. The molecule has 3 rings (SSSR count). The summed E-state index contributed by atoms with van der Waals surface area (Å²) in [6.07, 6.45) is 0. The van der Waals surface area contributed by atoms with Crippen molar-refractivity contribution >= 4 is 5.96 Å². The van der Waals surface area contributed by atoms with Crippen molar-refractivity contribution in [1.82, 2.24) is 15.6 Å². The van der Waals surface area contributed by atoms with Gasteiger partial charge in [-0.2, -0.15) is 0 Å². The van der Waals surface area contributed by atoms with Crippen molar-refractivity contribution in [3.05, 3.63) is 83.1 Å². The van der Waals surface area contributed by atoms with Gasteiger partial charge in [0, 0.05) is 13.6 Å². The molecule has 28 heavy (non-hydrogen) atoms. The van der Waals surface area contributed by atoms with Crippen molar-refractivity contribution in [2.45, 2.75) is 33.5 Å². The summed E-state index contributed by atoms with van der Waals surface area (Å²) < 4.78 is 11.5. The van der Waals surface area contributed by atoms with Gasteiger partial charge in [0.1, 0.15) is 18.1 Å². The number of aromatic nitrogens is 1. The van der Waals surface area contributed by atoms with E-state index in [4.69, 9.17) is 9.15 Å². The molecule has 0 aliphatic carbocycles. The summed E-state index contributed by atoms with van der Waals surface area (Å²) in [6.45, 7) is 5.50. The third-order valence-electron chi connectivity index (χ3n) is 4.31. The molecule has 6 nitrogen and oxygen atoms in total. The minimum absolute atomic E-state index is 0.481.